The van der Waals surface area contributed by atoms with Crippen LogP contribution in [0.5, 0.6) is 5.75 Å². The van der Waals surface area contributed by atoms with Gasteiger partial charge in [-0.15, -0.1) is 0 Å². The molecular formula is C25H40N2O5. The Bertz CT molecular complexity index is 723. The molecule has 0 aromatic heterocycles. The Morgan fingerprint density at radius 1 is 1.03 bits per heavy atom. The van der Waals surface area contributed by atoms with Crippen LogP contribution in [0.2, 0.25) is 0 Å². The van der Waals surface area contributed by atoms with Crippen molar-refractivity contribution in [3.63, 3.8) is 0 Å². The van der Waals surface area contributed by atoms with Crippen molar-refractivity contribution < 1.29 is 24.2 Å². The molecule has 0 bridgehead atoms. The van der Waals surface area contributed by atoms with Gasteiger partial charge in [0.15, 0.2) is 0 Å². The van der Waals surface area contributed by atoms with Gasteiger partial charge in [-0.3, -0.25) is 4.79 Å². The minimum absolute atomic E-state index is 0.540. The van der Waals surface area contributed by atoms with Crippen LogP contribution in [0.3, 0.4) is 0 Å². The van der Waals surface area contributed by atoms with Gasteiger partial charge in [-0.05, 0) is 70.7 Å². The predicted octanol–water partition coefficient (Wildman–Crippen LogP) is 5.03. The molecule has 0 spiro atoms. The number of amides is 2. The first-order chi connectivity index (χ1) is 15.1. The molecule has 0 unspecified atom stereocenters. The van der Waals surface area contributed by atoms with E-state index < -0.39 is 29.7 Å². The molecule has 0 heterocycles. The molecule has 180 valence electrons. The Hall–Kier alpha value is -2.28. The van der Waals surface area contributed by atoms with E-state index in [0.29, 0.717) is 12.3 Å². The van der Waals surface area contributed by atoms with Gasteiger partial charge in [0, 0.05) is 5.69 Å². The van der Waals surface area contributed by atoms with Gasteiger partial charge in [-0.1, -0.05) is 38.5 Å². The Labute approximate surface area is 192 Å². The summed E-state index contributed by atoms with van der Waals surface area (Å²) in [6.45, 7) is 6.73. The highest BCUT2D eigenvalue weighted by Crippen LogP contribution is 2.27. The molecule has 0 radical (unpaired) electrons. The van der Waals surface area contributed by atoms with Gasteiger partial charge in [0.25, 0.3) is 5.91 Å². The maximum Gasteiger partial charge on any atom is 0.408 e. The Morgan fingerprint density at radius 3 is 2.28 bits per heavy atom. The summed E-state index contributed by atoms with van der Waals surface area (Å²) in [5, 5.41) is 14.9. The van der Waals surface area contributed by atoms with Gasteiger partial charge in [0.2, 0.25) is 0 Å². The molecule has 1 aliphatic carbocycles. The Kier molecular flexibility index (Phi) is 9.82. The lowest BCUT2D eigenvalue weighted by Crippen LogP contribution is -2.58. The van der Waals surface area contributed by atoms with Crippen LogP contribution in [0.15, 0.2) is 24.3 Å². The molecule has 32 heavy (non-hydrogen) atoms. The molecule has 1 aliphatic rings. The summed E-state index contributed by atoms with van der Waals surface area (Å²) in [6, 6.07) is 7.07. The fourth-order valence-electron chi connectivity index (χ4n) is 3.80. The maximum absolute atomic E-state index is 12.7. The first-order valence-electron chi connectivity index (χ1n) is 11.8. The van der Waals surface area contributed by atoms with E-state index in [9.17, 15) is 14.7 Å². The molecule has 1 aromatic rings. The molecule has 1 saturated carbocycles. The van der Waals surface area contributed by atoms with Gasteiger partial charge in [-0.25, -0.2) is 4.79 Å². The van der Waals surface area contributed by atoms with Crippen molar-refractivity contribution in [3.8, 4) is 5.75 Å². The predicted molar refractivity (Wildman–Crippen MR) is 126 cm³/mol. The van der Waals surface area contributed by atoms with E-state index in [1.165, 1.54) is 51.9 Å². The van der Waals surface area contributed by atoms with Crippen LogP contribution in [0.4, 0.5) is 10.5 Å². The number of ether oxygens (including phenoxy) is 2. The minimum atomic E-state index is -1.52. The summed E-state index contributed by atoms with van der Waals surface area (Å²) >= 11 is 0. The van der Waals surface area contributed by atoms with E-state index >= 15 is 0 Å². The number of carbonyl (C=O) groups is 2. The van der Waals surface area contributed by atoms with Gasteiger partial charge in [0.05, 0.1) is 13.2 Å². The number of aliphatic hydroxyl groups is 1. The highest BCUT2D eigenvalue weighted by molar-refractivity contribution is 5.99. The summed E-state index contributed by atoms with van der Waals surface area (Å²) < 4.78 is 11.0. The fourth-order valence-corrected chi connectivity index (χ4v) is 3.80. The van der Waals surface area contributed by atoms with Crippen LogP contribution >= 0.6 is 0 Å². The second-order valence-corrected chi connectivity index (χ2v) is 9.94. The quantitative estimate of drug-likeness (QED) is 0.436. The van der Waals surface area contributed by atoms with Crippen LogP contribution in [0.25, 0.3) is 0 Å². The zero-order chi connectivity index (χ0) is 23.6. The number of benzene rings is 1. The number of hydrogen-bond acceptors (Lipinski definition) is 5. The lowest BCUT2D eigenvalue weighted by atomic mass is 9.86. The largest absolute Gasteiger partial charge is 0.494 e. The van der Waals surface area contributed by atoms with Gasteiger partial charge in [0.1, 0.15) is 16.9 Å². The monoisotopic (exact) mass is 448 g/mol. The summed E-state index contributed by atoms with van der Waals surface area (Å²) in [6.07, 6.45) is 9.72. The van der Waals surface area contributed by atoms with Crippen LogP contribution < -0.4 is 15.4 Å². The SMILES string of the molecule is CC(C)(C)OC(=O)N[C@@](C)(CO)C(=O)Nc1ccc(OCCCCC2CCCCC2)cc1. The van der Waals surface area contributed by atoms with Crippen molar-refractivity contribution in [1.29, 1.82) is 0 Å². The lowest BCUT2D eigenvalue weighted by Gasteiger charge is -2.29. The van der Waals surface area contributed by atoms with E-state index in [0.717, 1.165) is 18.1 Å². The first-order valence-corrected chi connectivity index (χ1v) is 11.8. The molecule has 3 N–H and O–H groups in total. The van der Waals surface area contributed by atoms with Crippen LogP contribution in [-0.2, 0) is 9.53 Å². The maximum atomic E-state index is 12.7. The number of nitrogens with one attached hydrogen (secondary N) is 2. The number of alkyl carbamates (subject to hydrolysis) is 1. The van der Waals surface area contributed by atoms with E-state index in [4.69, 9.17) is 9.47 Å². The molecule has 2 amide bonds. The zero-order valence-electron chi connectivity index (χ0n) is 20.0. The fraction of sp³-hybridized carbons (Fsp3) is 0.680. The van der Waals surface area contributed by atoms with Crippen molar-refractivity contribution >= 4 is 17.7 Å². The highest BCUT2D eigenvalue weighted by Gasteiger charge is 2.36. The van der Waals surface area contributed by atoms with E-state index in [2.05, 4.69) is 10.6 Å². The van der Waals surface area contributed by atoms with E-state index in [-0.39, 0.29) is 0 Å². The third kappa shape index (κ3) is 9.07. The summed E-state index contributed by atoms with van der Waals surface area (Å²) in [5.41, 5.74) is -1.68. The smallest absolute Gasteiger partial charge is 0.408 e. The number of aliphatic hydroxyl groups excluding tert-OH is 1. The topological polar surface area (TPSA) is 96.9 Å². The van der Waals surface area contributed by atoms with Gasteiger partial charge < -0.3 is 25.2 Å². The number of hydrogen-bond donors (Lipinski definition) is 3. The Balaban J connectivity index is 1.76. The molecule has 1 fully saturated rings. The average molecular weight is 449 g/mol. The standard InChI is InChI=1S/C25H40N2O5/c1-24(2,3)32-23(30)27-25(4,18-28)22(29)26-20-13-15-21(16-14-20)31-17-9-8-12-19-10-6-5-7-11-19/h13-16,19,28H,5-12,17-18H2,1-4H3,(H,26,29)(H,27,30)/t25-/m0/s1. The van der Waals surface area contributed by atoms with E-state index in [1.807, 2.05) is 0 Å². The van der Waals surface area contributed by atoms with Crippen LogP contribution in [-0.4, -0.2) is 41.5 Å². The second-order valence-electron chi connectivity index (χ2n) is 9.94. The molecule has 1 atom stereocenters. The Morgan fingerprint density at radius 2 is 1.69 bits per heavy atom. The first kappa shape index (κ1) is 26.0. The highest BCUT2D eigenvalue weighted by atomic mass is 16.6. The number of unbranched alkanes of at least 4 members (excludes halogenated alkanes) is 1. The molecule has 0 aliphatic heterocycles. The molecular weight excluding hydrogens is 408 g/mol. The van der Waals surface area contributed by atoms with Crippen LogP contribution in [0.1, 0.15) is 79.1 Å². The normalized spacial score (nSPS) is 16.7. The molecule has 0 saturated heterocycles. The second kappa shape index (κ2) is 12.1. The van der Waals surface area contributed by atoms with Crippen molar-refractivity contribution in [2.24, 2.45) is 5.92 Å². The lowest BCUT2D eigenvalue weighted by molar-refractivity contribution is -0.123. The van der Waals surface area contributed by atoms with E-state index in [1.54, 1.807) is 45.0 Å². The van der Waals surface area contributed by atoms with Crippen molar-refractivity contribution in [2.75, 3.05) is 18.5 Å². The summed E-state index contributed by atoms with van der Waals surface area (Å²) in [4.78, 5) is 24.7. The number of anilines is 1. The number of rotatable bonds is 10. The zero-order valence-corrected chi connectivity index (χ0v) is 20.0. The third-order valence-corrected chi connectivity index (χ3v) is 5.71. The van der Waals surface area contributed by atoms with Crippen molar-refractivity contribution in [3.05, 3.63) is 24.3 Å². The molecule has 7 nitrogen and oxygen atoms in total. The minimum Gasteiger partial charge on any atom is -0.494 e. The summed E-state index contributed by atoms with van der Waals surface area (Å²) in [7, 11) is 0. The van der Waals surface area contributed by atoms with Gasteiger partial charge in [-0.2, -0.15) is 0 Å². The van der Waals surface area contributed by atoms with Crippen LogP contribution in [0, 0.1) is 5.92 Å². The number of carbonyl (C=O) groups excluding carboxylic acids is 2. The third-order valence-electron chi connectivity index (χ3n) is 5.71. The van der Waals surface area contributed by atoms with Gasteiger partial charge >= 0.3 is 6.09 Å². The van der Waals surface area contributed by atoms with Crippen molar-refractivity contribution in [1.82, 2.24) is 5.32 Å². The molecule has 1 aromatic carbocycles. The summed E-state index contributed by atoms with van der Waals surface area (Å²) in [5.74, 6) is 1.11. The molecule has 7 heteroatoms. The molecule has 2 rings (SSSR count). The average Bonchev–Trinajstić information content (AvgIpc) is 2.74. The van der Waals surface area contributed by atoms with Crippen molar-refractivity contribution in [2.45, 2.75) is 90.2 Å².